The number of hydrogen-bond donors (Lipinski definition) is 1. The second kappa shape index (κ2) is 6.19. The Bertz CT molecular complexity index is 406. The third-order valence-corrected chi connectivity index (χ3v) is 3.64. The smallest absolute Gasteiger partial charge is 0.103 e. The number of aliphatic hydroxyl groups excluding tert-OH is 1. The van der Waals surface area contributed by atoms with Crippen molar-refractivity contribution in [3.8, 4) is 0 Å². The SMILES string of the molecule is CC(C)n1cc(C(O)/C2=C/CCCCCC2)cn1. The fraction of sp³-hybridized carbons (Fsp3) is 0.667. The van der Waals surface area contributed by atoms with Crippen molar-refractivity contribution in [2.24, 2.45) is 0 Å². The Labute approximate surface area is 110 Å². The van der Waals surface area contributed by atoms with Gasteiger partial charge in [0.05, 0.1) is 6.20 Å². The molecule has 0 fully saturated rings. The Hall–Kier alpha value is -1.09. The molecular formula is C15H24N2O. The molecule has 3 heteroatoms. The molecule has 1 aromatic rings. The van der Waals surface area contributed by atoms with Crippen molar-refractivity contribution in [3.05, 3.63) is 29.6 Å². The van der Waals surface area contributed by atoms with Crippen LogP contribution in [0.25, 0.3) is 0 Å². The molecule has 1 unspecified atom stereocenters. The highest BCUT2D eigenvalue weighted by Crippen LogP contribution is 2.28. The first kappa shape index (κ1) is 13.3. The van der Waals surface area contributed by atoms with Crippen molar-refractivity contribution in [2.75, 3.05) is 0 Å². The molecule has 0 aliphatic heterocycles. The van der Waals surface area contributed by atoms with E-state index in [1.807, 2.05) is 10.9 Å². The number of aromatic nitrogens is 2. The summed E-state index contributed by atoms with van der Waals surface area (Å²) in [6, 6.07) is 0.345. The minimum absolute atomic E-state index is 0.345. The van der Waals surface area contributed by atoms with Gasteiger partial charge in [0.15, 0.2) is 0 Å². The Balaban J connectivity index is 2.10. The lowest BCUT2D eigenvalue weighted by molar-refractivity contribution is 0.209. The lowest BCUT2D eigenvalue weighted by atomic mass is 9.94. The summed E-state index contributed by atoms with van der Waals surface area (Å²) in [6.07, 6.45) is 12.7. The predicted molar refractivity (Wildman–Crippen MR) is 73.4 cm³/mol. The van der Waals surface area contributed by atoms with E-state index < -0.39 is 6.10 Å². The van der Waals surface area contributed by atoms with Crippen LogP contribution >= 0.6 is 0 Å². The number of nitrogens with zero attached hydrogens (tertiary/aromatic N) is 2. The predicted octanol–water partition coefficient (Wildman–Crippen LogP) is 3.78. The Morgan fingerprint density at radius 3 is 2.72 bits per heavy atom. The number of allylic oxidation sites excluding steroid dienone is 1. The zero-order chi connectivity index (χ0) is 13.0. The Morgan fingerprint density at radius 1 is 1.22 bits per heavy atom. The molecule has 2 rings (SSSR count). The zero-order valence-corrected chi connectivity index (χ0v) is 11.5. The highest BCUT2D eigenvalue weighted by Gasteiger charge is 2.16. The maximum Gasteiger partial charge on any atom is 0.103 e. The van der Waals surface area contributed by atoms with Gasteiger partial charge in [-0.3, -0.25) is 4.68 Å². The summed E-state index contributed by atoms with van der Waals surface area (Å²) in [7, 11) is 0. The summed E-state index contributed by atoms with van der Waals surface area (Å²) in [5.74, 6) is 0. The average Bonchev–Trinajstić information content (AvgIpc) is 2.77. The second-order valence-electron chi connectivity index (χ2n) is 5.48. The largest absolute Gasteiger partial charge is 0.384 e. The number of hydrogen-bond acceptors (Lipinski definition) is 2. The van der Waals surface area contributed by atoms with E-state index in [4.69, 9.17) is 0 Å². The van der Waals surface area contributed by atoms with E-state index in [2.05, 4.69) is 25.0 Å². The molecule has 1 aromatic heterocycles. The Morgan fingerprint density at radius 2 is 2.00 bits per heavy atom. The normalized spacial score (nSPS) is 22.1. The molecule has 1 aliphatic rings. The maximum absolute atomic E-state index is 10.4. The molecule has 100 valence electrons. The summed E-state index contributed by atoms with van der Waals surface area (Å²) in [5.41, 5.74) is 2.11. The Kier molecular flexibility index (Phi) is 4.59. The molecule has 0 saturated carbocycles. The van der Waals surface area contributed by atoms with Crippen LogP contribution in [0, 0.1) is 0 Å². The molecule has 0 aromatic carbocycles. The van der Waals surface area contributed by atoms with Crippen molar-refractivity contribution in [1.29, 1.82) is 0 Å². The van der Waals surface area contributed by atoms with Gasteiger partial charge in [-0.1, -0.05) is 18.9 Å². The number of aliphatic hydroxyl groups is 1. The zero-order valence-electron chi connectivity index (χ0n) is 11.5. The summed E-state index contributed by atoms with van der Waals surface area (Å²) >= 11 is 0. The van der Waals surface area contributed by atoms with Crippen LogP contribution in [0.4, 0.5) is 0 Å². The second-order valence-corrected chi connectivity index (χ2v) is 5.48. The molecule has 0 bridgehead atoms. The van der Waals surface area contributed by atoms with Gasteiger partial charge in [0.25, 0.3) is 0 Å². The van der Waals surface area contributed by atoms with Gasteiger partial charge in [-0.15, -0.1) is 0 Å². The quantitative estimate of drug-likeness (QED) is 0.827. The van der Waals surface area contributed by atoms with Crippen LogP contribution in [0.1, 0.15) is 70.1 Å². The third-order valence-electron chi connectivity index (χ3n) is 3.64. The van der Waals surface area contributed by atoms with Crippen molar-refractivity contribution >= 4 is 0 Å². The molecule has 3 nitrogen and oxygen atoms in total. The highest BCUT2D eigenvalue weighted by atomic mass is 16.3. The fourth-order valence-electron chi connectivity index (χ4n) is 2.46. The van der Waals surface area contributed by atoms with Gasteiger partial charge in [-0.2, -0.15) is 5.10 Å². The number of rotatable bonds is 3. The van der Waals surface area contributed by atoms with Crippen molar-refractivity contribution < 1.29 is 5.11 Å². The minimum Gasteiger partial charge on any atom is -0.384 e. The summed E-state index contributed by atoms with van der Waals surface area (Å²) in [4.78, 5) is 0. The van der Waals surface area contributed by atoms with E-state index in [1.165, 1.54) is 31.3 Å². The van der Waals surface area contributed by atoms with Gasteiger partial charge in [-0.05, 0) is 45.1 Å². The first-order valence-electron chi connectivity index (χ1n) is 7.09. The van der Waals surface area contributed by atoms with Crippen LogP contribution < -0.4 is 0 Å². The van der Waals surface area contributed by atoms with Crippen LogP contribution in [0.3, 0.4) is 0 Å². The average molecular weight is 248 g/mol. The summed E-state index contributed by atoms with van der Waals surface area (Å²) < 4.78 is 1.90. The van der Waals surface area contributed by atoms with E-state index in [0.717, 1.165) is 18.4 Å². The van der Waals surface area contributed by atoms with Crippen LogP contribution in [0.2, 0.25) is 0 Å². The molecule has 0 saturated heterocycles. The fourth-order valence-corrected chi connectivity index (χ4v) is 2.46. The van der Waals surface area contributed by atoms with Gasteiger partial charge in [0, 0.05) is 17.8 Å². The molecule has 0 radical (unpaired) electrons. The monoisotopic (exact) mass is 248 g/mol. The summed E-state index contributed by atoms with van der Waals surface area (Å²) in [5, 5.41) is 14.7. The van der Waals surface area contributed by atoms with E-state index in [-0.39, 0.29) is 0 Å². The molecule has 0 spiro atoms. The molecule has 0 amide bonds. The third kappa shape index (κ3) is 3.22. The van der Waals surface area contributed by atoms with Gasteiger partial charge < -0.3 is 5.11 Å². The topological polar surface area (TPSA) is 38.0 Å². The summed E-state index contributed by atoms with van der Waals surface area (Å²) in [6.45, 7) is 4.19. The first-order valence-corrected chi connectivity index (χ1v) is 7.09. The molecule has 1 aliphatic carbocycles. The van der Waals surface area contributed by atoms with Gasteiger partial charge >= 0.3 is 0 Å². The lowest BCUT2D eigenvalue weighted by Crippen LogP contribution is -2.04. The van der Waals surface area contributed by atoms with Crippen LogP contribution in [-0.2, 0) is 0 Å². The maximum atomic E-state index is 10.4. The molecule has 1 heterocycles. The van der Waals surface area contributed by atoms with E-state index in [1.54, 1.807) is 6.20 Å². The van der Waals surface area contributed by atoms with Gasteiger partial charge in [0.2, 0.25) is 0 Å². The van der Waals surface area contributed by atoms with Gasteiger partial charge in [0.1, 0.15) is 6.10 Å². The minimum atomic E-state index is -0.462. The van der Waals surface area contributed by atoms with Crippen molar-refractivity contribution in [1.82, 2.24) is 9.78 Å². The van der Waals surface area contributed by atoms with Crippen molar-refractivity contribution in [3.63, 3.8) is 0 Å². The first-order chi connectivity index (χ1) is 8.68. The molecule has 1 atom stereocenters. The van der Waals surface area contributed by atoms with E-state index in [0.29, 0.717) is 6.04 Å². The van der Waals surface area contributed by atoms with Crippen LogP contribution in [0.5, 0.6) is 0 Å². The molecular weight excluding hydrogens is 224 g/mol. The lowest BCUT2D eigenvalue weighted by Gasteiger charge is -2.16. The van der Waals surface area contributed by atoms with Crippen LogP contribution in [0.15, 0.2) is 24.0 Å². The van der Waals surface area contributed by atoms with E-state index in [9.17, 15) is 5.11 Å². The van der Waals surface area contributed by atoms with E-state index >= 15 is 0 Å². The van der Waals surface area contributed by atoms with Crippen molar-refractivity contribution in [2.45, 2.75) is 64.5 Å². The van der Waals surface area contributed by atoms with Crippen LogP contribution in [-0.4, -0.2) is 14.9 Å². The molecule has 18 heavy (non-hydrogen) atoms. The standard InChI is InChI=1S/C15H24N2O/c1-12(2)17-11-14(10-16-17)15(18)13-8-6-4-3-5-7-9-13/h8,10-12,15,18H,3-7,9H2,1-2H3/b13-8+. The van der Waals surface area contributed by atoms with Gasteiger partial charge in [-0.25, -0.2) is 0 Å². The molecule has 1 N–H and O–H groups in total. The highest BCUT2D eigenvalue weighted by molar-refractivity contribution is 5.22.